The molecule has 1 N–H and O–H groups in total. The van der Waals surface area contributed by atoms with Crippen LogP contribution >= 0.6 is 0 Å². The van der Waals surface area contributed by atoms with Crippen molar-refractivity contribution in [3.8, 4) is 0 Å². The predicted octanol–water partition coefficient (Wildman–Crippen LogP) is 1.02. The summed E-state index contributed by atoms with van der Waals surface area (Å²) in [6.07, 6.45) is 0. The normalized spacial score (nSPS) is 11.1. The minimum Gasteiger partial charge on any atom is -0.351 e. The van der Waals surface area contributed by atoms with E-state index in [1.165, 1.54) is 0 Å². The molecule has 0 spiro atoms. The van der Waals surface area contributed by atoms with Gasteiger partial charge in [-0.05, 0) is 19.1 Å². The number of aryl methyl sites for hydroxylation is 1. The van der Waals surface area contributed by atoms with Crippen LogP contribution in [0.25, 0.3) is 0 Å². The standard InChI is InChI=1S/C10H12FNO3S/c1-8-2-4-9(5-3-8)10(13)12-6-7-16(11,14)15/h2-5H,6-7H2,1H3,(H,12,13). The number of carbonyl (C=O) groups is 1. The summed E-state index contributed by atoms with van der Waals surface area (Å²) in [6, 6.07) is 6.77. The zero-order chi connectivity index (χ0) is 12.2. The molecule has 1 aromatic rings. The third kappa shape index (κ3) is 4.39. The van der Waals surface area contributed by atoms with E-state index in [0.717, 1.165) is 5.56 Å². The monoisotopic (exact) mass is 245 g/mol. The fraction of sp³-hybridized carbons (Fsp3) is 0.300. The number of amides is 1. The molecule has 88 valence electrons. The van der Waals surface area contributed by atoms with Crippen molar-refractivity contribution >= 4 is 16.1 Å². The van der Waals surface area contributed by atoms with Gasteiger partial charge in [0.05, 0.1) is 5.75 Å². The quantitative estimate of drug-likeness (QED) is 0.806. The van der Waals surface area contributed by atoms with Crippen molar-refractivity contribution in [3.63, 3.8) is 0 Å². The lowest BCUT2D eigenvalue weighted by atomic mass is 10.1. The van der Waals surface area contributed by atoms with E-state index in [4.69, 9.17) is 0 Å². The van der Waals surface area contributed by atoms with Crippen LogP contribution in [0.1, 0.15) is 15.9 Å². The highest BCUT2D eigenvalue weighted by Crippen LogP contribution is 2.02. The van der Waals surface area contributed by atoms with Crippen LogP contribution in [0.3, 0.4) is 0 Å². The van der Waals surface area contributed by atoms with E-state index in [9.17, 15) is 17.1 Å². The Hall–Kier alpha value is -1.43. The Morgan fingerprint density at radius 2 is 1.88 bits per heavy atom. The molecule has 0 unspecified atom stereocenters. The van der Waals surface area contributed by atoms with E-state index in [-0.39, 0.29) is 6.54 Å². The van der Waals surface area contributed by atoms with Crippen LogP contribution in [0.5, 0.6) is 0 Å². The van der Waals surface area contributed by atoms with Gasteiger partial charge in [-0.25, -0.2) is 0 Å². The van der Waals surface area contributed by atoms with Gasteiger partial charge in [-0.1, -0.05) is 17.7 Å². The molecular weight excluding hydrogens is 233 g/mol. The Morgan fingerprint density at radius 3 is 2.38 bits per heavy atom. The lowest BCUT2D eigenvalue weighted by Gasteiger charge is -2.03. The Balaban J connectivity index is 2.50. The van der Waals surface area contributed by atoms with Crippen LogP contribution in [-0.2, 0) is 10.2 Å². The molecule has 0 bridgehead atoms. The van der Waals surface area contributed by atoms with E-state index in [1.54, 1.807) is 24.3 Å². The fourth-order valence-electron chi connectivity index (χ4n) is 1.09. The van der Waals surface area contributed by atoms with E-state index < -0.39 is 21.9 Å². The molecule has 1 aromatic carbocycles. The zero-order valence-electron chi connectivity index (χ0n) is 8.73. The number of hydrogen-bond donors (Lipinski definition) is 1. The summed E-state index contributed by atoms with van der Waals surface area (Å²) in [5.41, 5.74) is 1.43. The first kappa shape index (κ1) is 12.6. The molecule has 0 aromatic heterocycles. The average Bonchev–Trinajstić information content (AvgIpc) is 2.16. The van der Waals surface area contributed by atoms with Crippen molar-refractivity contribution in [1.82, 2.24) is 5.32 Å². The molecule has 0 saturated carbocycles. The summed E-state index contributed by atoms with van der Waals surface area (Å²) in [6.45, 7) is 1.66. The third-order valence-electron chi connectivity index (χ3n) is 1.95. The minimum absolute atomic E-state index is 0.231. The SMILES string of the molecule is Cc1ccc(C(=O)NCCS(=O)(=O)F)cc1. The third-order valence-corrected chi connectivity index (χ3v) is 2.64. The number of nitrogens with one attached hydrogen (secondary N) is 1. The number of rotatable bonds is 4. The van der Waals surface area contributed by atoms with Gasteiger partial charge in [0.25, 0.3) is 5.91 Å². The summed E-state index contributed by atoms with van der Waals surface area (Å²) >= 11 is 0. The van der Waals surface area contributed by atoms with Crippen molar-refractivity contribution in [2.75, 3.05) is 12.3 Å². The average molecular weight is 245 g/mol. The van der Waals surface area contributed by atoms with Gasteiger partial charge in [0, 0.05) is 12.1 Å². The molecule has 1 amide bonds. The van der Waals surface area contributed by atoms with Gasteiger partial charge >= 0.3 is 10.2 Å². The van der Waals surface area contributed by atoms with Gasteiger partial charge in [-0.15, -0.1) is 3.89 Å². The van der Waals surface area contributed by atoms with Crippen molar-refractivity contribution in [3.05, 3.63) is 35.4 Å². The molecule has 0 atom stereocenters. The molecule has 0 aliphatic heterocycles. The maximum absolute atomic E-state index is 12.1. The smallest absolute Gasteiger partial charge is 0.304 e. The van der Waals surface area contributed by atoms with E-state index in [1.807, 2.05) is 6.92 Å². The summed E-state index contributed by atoms with van der Waals surface area (Å²) in [4.78, 5) is 11.4. The lowest BCUT2D eigenvalue weighted by molar-refractivity contribution is 0.0956. The molecular formula is C10H12FNO3S. The Morgan fingerprint density at radius 1 is 1.31 bits per heavy atom. The highest BCUT2D eigenvalue weighted by Gasteiger charge is 2.09. The topological polar surface area (TPSA) is 63.2 Å². The van der Waals surface area contributed by atoms with E-state index >= 15 is 0 Å². The molecule has 0 fully saturated rings. The Bertz CT molecular complexity index is 467. The molecule has 0 aliphatic rings. The second kappa shape index (κ2) is 5.07. The van der Waals surface area contributed by atoms with Crippen molar-refractivity contribution < 1.29 is 17.1 Å². The number of halogens is 1. The molecule has 0 heterocycles. The predicted molar refractivity (Wildman–Crippen MR) is 58.4 cm³/mol. The summed E-state index contributed by atoms with van der Waals surface area (Å²) in [5.74, 6) is -1.12. The van der Waals surface area contributed by atoms with Crippen LogP contribution in [-0.4, -0.2) is 26.6 Å². The van der Waals surface area contributed by atoms with Gasteiger partial charge < -0.3 is 5.32 Å². The number of hydrogen-bond acceptors (Lipinski definition) is 3. The molecule has 6 heteroatoms. The van der Waals surface area contributed by atoms with Gasteiger partial charge in [-0.3, -0.25) is 4.79 Å². The summed E-state index contributed by atoms with van der Waals surface area (Å²) in [5, 5.41) is 2.32. The first-order valence-corrected chi connectivity index (χ1v) is 6.21. The van der Waals surface area contributed by atoms with Crippen molar-refractivity contribution in [2.45, 2.75) is 6.92 Å². The zero-order valence-corrected chi connectivity index (χ0v) is 9.55. The van der Waals surface area contributed by atoms with Crippen LogP contribution < -0.4 is 5.32 Å². The molecule has 0 radical (unpaired) electrons. The lowest BCUT2D eigenvalue weighted by Crippen LogP contribution is -2.28. The fourth-order valence-corrected chi connectivity index (χ4v) is 1.44. The second-order valence-corrected chi connectivity index (χ2v) is 4.85. The maximum atomic E-state index is 12.1. The molecule has 4 nitrogen and oxygen atoms in total. The Labute approximate surface area is 93.7 Å². The minimum atomic E-state index is -4.52. The first-order valence-electron chi connectivity index (χ1n) is 4.66. The molecule has 16 heavy (non-hydrogen) atoms. The van der Waals surface area contributed by atoms with Crippen LogP contribution in [0.2, 0.25) is 0 Å². The van der Waals surface area contributed by atoms with Gasteiger partial charge in [0.1, 0.15) is 0 Å². The van der Waals surface area contributed by atoms with E-state index in [0.29, 0.717) is 5.56 Å². The highest BCUT2D eigenvalue weighted by molar-refractivity contribution is 7.86. The molecule has 0 aliphatic carbocycles. The Kier molecular flexibility index (Phi) is 4.00. The van der Waals surface area contributed by atoms with Crippen LogP contribution in [0.15, 0.2) is 24.3 Å². The van der Waals surface area contributed by atoms with Crippen molar-refractivity contribution in [2.24, 2.45) is 0 Å². The van der Waals surface area contributed by atoms with Gasteiger partial charge in [0.15, 0.2) is 0 Å². The van der Waals surface area contributed by atoms with Crippen LogP contribution in [0.4, 0.5) is 3.89 Å². The van der Waals surface area contributed by atoms with E-state index in [2.05, 4.69) is 5.32 Å². The number of carbonyl (C=O) groups excluding carboxylic acids is 1. The number of benzene rings is 1. The van der Waals surface area contributed by atoms with Crippen LogP contribution in [0, 0.1) is 6.92 Å². The second-order valence-electron chi connectivity index (χ2n) is 3.36. The highest BCUT2D eigenvalue weighted by atomic mass is 32.3. The van der Waals surface area contributed by atoms with Crippen molar-refractivity contribution in [1.29, 1.82) is 0 Å². The summed E-state index contributed by atoms with van der Waals surface area (Å²) < 4.78 is 32.5. The largest absolute Gasteiger partial charge is 0.351 e. The first-order chi connectivity index (χ1) is 7.38. The molecule has 1 rings (SSSR count). The maximum Gasteiger partial charge on any atom is 0.304 e. The summed E-state index contributed by atoms with van der Waals surface area (Å²) in [7, 11) is -4.52. The van der Waals surface area contributed by atoms with Gasteiger partial charge in [-0.2, -0.15) is 8.42 Å². The molecule has 0 saturated heterocycles. The van der Waals surface area contributed by atoms with Gasteiger partial charge in [0.2, 0.25) is 0 Å².